The molecule has 0 aliphatic carbocycles. The van der Waals surface area contributed by atoms with Crippen molar-refractivity contribution in [3.63, 3.8) is 0 Å². The molecule has 4 rings (SSSR count). The van der Waals surface area contributed by atoms with Crippen LogP contribution in [-0.4, -0.2) is 36.0 Å². The largest absolute Gasteiger partial charge is 0.311 e. The van der Waals surface area contributed by atoms with Gasteiger partial charge >= 0.3 is 0 Å². The normalized spacial score (nSPS) is 18.0. The average Bonchev–Trinajstić information content (AvgIpc) is 2.72. The standard InChI is InChI=1S/C23H25BClF2N3S/c1-16-2-3-17(23(27)10-16)14-30(18-4-5-22(26)21(25)11-18)31-20-6-8-29(9-7-20)19-12-24(13-19)15-28/h2-5,10-11,19-20H,6-9,12-14H2,1H3. The summed E-state index contributed by atoms with van der Waals surface area (Å²) in [6, 6.07) is 10.5. The number of anilines is 1. The van der Waals surface area contributed by atoms with E-state index in [1.807, 2.05) is 23.4 Å². The Morgan fingerprint density at radius 2 is 1.90 bits per heavy atom. The summed E-state index contributed by atoms with van der Waals surface area (Å²) in [5.41, 5.74) is 2.26. The Labute approximate surface area is 192 Å². The van der Waals surface area contributed by atoms with Gasteiger partial charge in [-0.15, -0.1) is 0 Å². The minimum absolute atomic E-state index is 0.0688. The van der Waals surface area contributed by atoms with Crippen molar-refractivity contribution in [3.05, 3.63) is 64.2 Å². The van der Waals surface area contributed by atoms with Gasteiger partial charge in [-0.1, -0.05) is 23.7 Å². The second-order valence-electron chi connectivity index (χ2n) is 8.52. The van der Waals surface area contributed by atoms with Gasteiger partial charge in [-0.05, 0) is 93.3 Å². The van der Waals surface area contributed by atoms with Gasteiger partial charge in [-0.25, -0.2) is 14.0 Å². The van der Waals surface area contributed by atoms with E-state index in [2.05, 4.69) is 10.9 Å². The smallest absolute Gasteiger partial charge is 0.270 e. The zero-order valence-corrected chi connectivity index (χ0v) is 19.1. The quantitative estimate of drug-likeness (QED) is 0.392. The van der Waals surface area contributed by atoms with Crippen LogP contribution in [0, 0.1) is 29.8 Å². The Morgan fingerprint density at radius 1 is 1.16 bits per heavy atom. The van der Waals surface area contributed by atoms with E-state index in [9.17, 15) is 8.78 Å². The molecule has 0 spiro atoms. The van der Waals surface area contributed by atoms with Crippen LogP contribution in [0.15, 0.2) is 36.4 Å². The Bertz CT molecular complexity index is 972. The summed E-state index contributed by atoms with van der Waals surface area (Å²) in [5, 5.41) is 9.47. The molecule has 2 fully saturated rings. The second-order valence-corrected chi connectivity index (χ2v) is 10.2. The van der Waals surface area contributed by atoms with E-state index in [1.54, 1.807) is 30.1 Å². The fraction of sp³-hybridized carbons (Fsp3) is 0.435. The number of rotatable bonds is 6. The van der Waals surface area contributed by atoms with Crippen molar-refractivity contribution in [1.29, 1.82) is 5.26 Å². The molecule has 2 heterocycles. The lowest BCUT2D eigenvalue weighted by molar-refractivity contribution is 0.176. The highest BCUT2D eigenvalue weighted by Crippen LogP contribution is 2.36. The third kappa shape index (κ3) is 5.36. The zero-order valence-electron chi connectivity index (χ0n) is 17.5. The molecule has 0 radical (unpaired) electrons. The Hall–Kier alpha value is -1.75. The minimum Gasteiger partial charge on any atom is -0.311 e. The molecule has 3 nitrogen and oxygen atoms in total. The predicted molar refractivity (Wildman–Crippen MR) is 126 cm³/mol. The summed E-state index contributed by atoms with van der Waals surface area (Å²) in [6.07, 6.45) is 4.03. The number of nitrogens with zero attached hydrogens (tertiary/aromatic N) is 3. The van der Waals surface area contributed by atoms with Crippen LogP contribution in [0.25, 0.3) is 0 Å². The SMILES string of the molecule is Cc1ccc(CN(SC2CCN(C3CB(C#N)C3)CC2)c2ccc(F)c(Cl)c2)c(F)c1. The van der Waals surface area contributed by atoms with E-state index < -0.39 is 5.82 Å². The van der Waals surface area contributed by atoms with Gasteiger partial charge in [0.15, 0.2) is 0 Å². The summed E-state index contributed by atoms with van der Waals surface area (Å²) in [6.45, 7) is 4.49. The van der Waals surface area contributed by atoms with Crippen molar-refractivity contribution in [2.24, 2.45) is 0 Å². The molecule has 0 atom stereocenters. The van der Waals surface area contributed by atoms with Crippen LogP contribution >= 0.6 is 23.5 Å². The maximum Gasteiger partial charge on any atom is 0.270 e. The first-order valence-electron chi connectivity index (χ1n) is 10.7. The molecule has 2 aliphatic heterocycles. The first-order valence-corrected chi connectivity index (χ1v) is 11.9. The van der Waals surface area contributed by atoms with Crippen molar-refractivity contribution < 1.29 is 8.78 Å². The van der Waals surface area contributed by atoms with Crippen LogP contribution in [-0.2, 0) is 6.54 Å². The Balaban J connectivity index is 1.44. The molecule has 31 heavy (non-hydrogen) atoms. The lowest BCUT2D eigenvalue weighted by Crippen LogP contribution is -2.51. The number of hydrogen-bond acceptors (Lipinski definition) is 4. The van der Waals surface area contributed by atoms with Gasteiger partial charge in [-0.3, -0.25) is 0 Å². The topological polar surface area (TPSA) is 30.3 Å². The predicted octanol–water partition coefficient (Wildman–Crippen LogP) is 5.99. The highest BCUT2D eigenvalue weighted by atomic mass is 35.5. The molecule has 0 unspecified atom stereocenters. The zero-order chi connectivity index (χ0) is 22.0. The van der Waals surface area contributed by atoms with E-state index in [1.165, 1.54) is 6.07 Å². The van der Waals surface area contributed by atoms with E-state index >= 15 is 0 Å². The van der Waals surface area contributed by atoms with E-state index in [0.29, 0.717) is 23.4 Å². The molecule has 2 aromatic rings. The van der Waals surface area contributed by atoms with Gasteiger partial charge < -0.3 is 9.21 Å². The summed E-state index contributed by atoms with van der Waals surface area (Å²) >= 11 is 7.73. The third-order valence-corrected chi connectivity index (χ3v) is 7.93. The highest BCUT2D eigenvalue weighted by molar-refractivity contribution is 8.01. The van der Waals surface area contributed by atoms with Crippen LogP contribution in [0.4, 0.5) is 14.5 Å². The van der Waals surface area contributed by atoms with Crippen molar-refractivity contribution in [2.75, 3.05) is 17.4 Å². The second kappa shape index (κ2) is 9.81. The van der Waals surface area contributed by atoms with Gasteiger partial charge in [-0.2, -0.15) is 0 Å². The summed E-state index contributed by atoms with van der Waals surface area (Å²) in [7, 11) is 0. The molecule has 0 amide bonds. The van der Waals surface area contributed by atoms with Crippen molar-refractivity contribution >= 4 is 35.9 Å². The maximum absolute atomic E-state index is 14.5. The highest BCUT2D eigenvalue weighted by Gasteiger charge is 2.38. The molecule has 0 N–H and O–H groups in total. The van der Waals surface area contributed by atoms with Crippen molar-refractivity contribution in [2.45, 2.75) is 50.2 Å². The number of benzene rings is 2. The van der Waals surface area contributed by atoms with Gasteiger partial charge in [0, 0.05) is 22.5 Å². The number of aryl methyl sites for hydroxylation is 1. The molecular formula is C23H25BClF2N3S. The first kappa shape index (κ1) is 22.4. The lowest BCUT2D eigenvalue weighted by atomic mass is 9.34. The van der Waals surface area contributed by atoms with Crippen LogP contribution in [0.3, 0.4) is 0 Å². The fourth-order valence-electron chi connectivity index (χ4n) is 4.28. The van der Waals surface area contributed by atoms with Gasteiger partial charge in [0.25, 0.3) is 6.71 Å². The van der Waals surface area contributed by atoms with Crippen LogP contribution in [0.1, 0.15) is 24.0 Å². The van der Waals surface area contributed by atoms with E-state index in [4.69, 9.17) is 16.9 Å². The van der Waals surface area contributed by atoms with Crippen LogP contribution < -0.4 is 4.31 Å². The van der Waals surface area contributed by atoms with Crippen molar-refractivity contribution in [1.82, 2.24) is 4.90 Å². The molecule has 2 saturated heterocycles. The van der Waals surface area contributed by atoms with E-state index in [0.717, 1.165) is 49.8 Å². The number of halogens is 3. The van der Waals surface area contributed by atoms with Gasteiger partial charge in [0.05, 0.1) is 11.6 Å². The number of piperidine rings is 1. The monoisotopic (exact) mass is 459 g/mol. The Kier molecular flexibility index (Phi) is 7.10. The lowest BCUT2D eigenvalue weighted by Gasteiger charge is -2.43. The third-order valence-electron chi connectivity index (χ3n) is 6.28. The molecule has 0 aromatic heterocycles. The van der Waals surface area contributed by atoms with Crippen molar-refractivity contribution in [3.8, 4) is 5.97 Å². The fourth-order valence-corrected chi connectivity index (χ4v) is 5.69. The molecular weight excluding hydrogens is 435 g/mol. The summed E-state index contributed by atoms with van der Waals surface area (Å²) in [4.78, 5) is 2.50. The number of hydrogen-bond donors (Lipinski definition) is 0. The number of likely N-dealkylation sites (tertiary alicyclic amines) is 1. The molecule has 0 saturated carbocycles. The number of nitriles is 1. The van der Waals surface area contributed by atoms with Crippen LogP contribution in [0.2, 0.25) is 17.7 Å². The van der Waals surface area contributed by atoms with Crippen LogP contribution in [0.5, 0.6) is 0 Å². The summed E-state index contributed by atoms with van der Waals surface area (Å²) < 4.78 is 30.3. The molecule has 2 aromatic carbocycles. The molecule has 2 aliphatic rings. The van der Waals surface area contributed by atoms with Gasteiger partial charge in [0.2, 0.25) is 0 Å². The Morgan fingerprint density at radius 3 is 2.55 bits per heavy atom. The van der Waals surface area contributed by atoms with Gasteiger partial charge in [0.1, 0.15) is 11.6 Å². The summed E-state index contributed by atoms with van der Waals surface area (Å²) in [5.74, 6) is 1.67. The minimum atomic E-state index is -0.457. The van der Waals surface area contributed by atoms with E-state index in [-0.39, 0.29) is 17.6 Å². The first-order chi connectivity index (χ1) is 14.9. The molecule has 0 bridgehead atoms. The molecule has 162 valence electrons. The average molecular weight is 460 g/mol. The molecule has 8 heteroatoms. The maximum atomic E-state index is 14.5.